The Morgan fingerprint density at radius 3 is 2.65 bits per heavy atom. The number of hydrogen-bond acceptors (Lipinski definition) is 5. The molecule has 1 N–H and O–H groups in total. The van der Waals surface area contributed by atoms with Crippen LogP contribution < -0.4 is 5.32 Å². The van der Waals surface area contributed by atoms with E-state index in [4.69, 9.17) is 9.15 Å². The normalized spacial score (nSPS) is 11.4. The topological polar surface area (TPSA) is 50.5 Å². The summed E-state index contributed by atoms with van der Waals surface area (Å²) in [6.45, 7) is 7.79. The zero-order valence-electron chi connectivity index (χ0n) is 11.2. The highest BCUT2D eigenvalue weighted by atomic mass is 16.5. The molecule has 0 aliphatic rings. The second-order valence-corrected chi connectivity index (χ2v) is 4.34. The minimum atomic E-state index is 0.658. The number of ether oxygens (including phenoxy) is 1. The van der Waals surface area contributed by atoms with Crippen LogP contribution >= 0.6 is 0 Å². The van der Waals surface area contributed by atoms with Gasteiger partial charge in [-0.05, 0) is 27.9 Å². The van der Waals surface area contributed by atoms with Crippen molar-refractivity contribution in [2.24, 2.45) is 0 Å². The Hall–Kier alpha value is -0.910. The number of aromatic nitrogens is 1. The monoisotopic (exact) mass is 241 g/mol. The van der Waals surface area contributed by atoms with E-state index in [-0.39, 0.29) is 0 Å². The van der Waals surface area contributed by atoms with Crippen molar-refractivity contribution in [3.05, 3.63) is 17.3 Å². The Kier molecular flexibility index (Phi) is 6.18. The molecule has 0 radical (unpaired) electrons. The molecule has 0 spiro atoms. The SMILES string of the molecule is Cc1nc(CNCCOCCN(C)C)oc1C. The van der Waals surface area contributed by atoms with Gasteiger partial charge in [0, 0.05) is 13.1 Å². The molecule has 1 rings (SSSR count). The molecule has 98 valence electrons. The van der Waals surface area contributed by atoms with Gasteiger partial charge in [-0.15, -0.1) is 0 Å². The molecule has 0 amide bonds. The average molecular weight is 241 g/mol. The van der Waals surface area contributed by atoms with Gasteiger partial charge in [0.2, 0.25) is 5.89 Å². The molecule has 0 aliphatic heterocycles. The fourth-order valence-electron chi connectivity index (χ4n) is 1.30. The number of likely N-dealkylation sites (N-methyl/N-ethyl adjacent to an activating group) is 1. The van der Waals surface area contributed by atoms with Gasteiger partial charge < -0.3 is 19.4 Å². The summed E-state index contributed by atoms with van der Waals surface area (Å²) < 4.78 is 10.9. The number of nitrogens with zero attached hydrogens (tertiary/aromatic N) is 2. The van der Waals surface area contributed by atoms with Gasteiger partial charge in [-0.2, -0.15) is 0 Å². The fourth-order valence-corrected chi connectivity index (χ4v) is 1.30. The third kappa shape index (κ3) is 5.81. The maximum Gasteiger partial charge on any atom is 0.208 e. The van der Waals surface area contributed by atoms with Crippen molar-refractivity contribution in [2.75, 3.05) is 40.4 Å². The van der Waals surface area contributed by atoms with Crippen LogP contribution in [0.1, 0.15) is 17.3 Å². The van der Waals surface area contributed by atoms with Gasteiger partial charge in [-0.1, -0.05) is 0 Å². The lowest BCUT2D eigenvalue weighted by Gasteiger charge is -2.09. The molecule has 0 aliphatic carbocycles. The van der Waals surface area contributed by atoms with Crippen molar-refractivity contribution in [1.82, 2.24) is 15.2 Å². The Morgan fingerprint density at radius 1 is 1.29 bits per heavy atom. The van der Waals surface area contributed by atoms with Gasteiger partial charge in [0.1, 0.15) is 5.76 Å². The molecule has 5 heteroatoms. The number of nitrogens with one attached hydrogen (secondary N) is 1. The molecule has 17 heavy (non-hydrogen) atoms. The number of hydrogen-bond donors (Lipinski definition) is 1. The predicted octanol–water partition coefficient (Wildman–Crippen LogP) is 0.959. The second-order valence-electron chi connectivity index (χ2n) is 4.34. The molecule has 1 heterocycles. The summed E-state index contributed by atoms with van der Waals surface area (Å²) in [5.74, 6) is 1.64. The summed E-state index contributed by atoms with van der Waals surface area (Å²) in [6, 6.07) is 0. The van der Waals surface area contributed by atoms with Crippen molar-refractivity contribution >= 4 is 0 Å². The third-order valence-corrected chi connectivity index (χ3v) is 2.46. The minimum absolute atomic E-state index is 0.658. The van der Waals surface area contributed by atoms with Crippen LogP contribution in [-0.2, 0) is 11.3 Å². The van der Waals surface area contributed by atoms with Gasteiger partial charge in [0.25, 0.3) is 0 Å². The van der Waals surface area contributed by atoms with E-state index in [1.165, 1.54) is 0 Å². The molecule has 1 aromatic heterocycles. The quantitative estimate of drug-likeness (QED) is 0.687. The van der Waals surface area contributed by atoms with E-state index in [2.05, 4.69) is 15.2 Å². The Labute approximate surface area is 103 Å². The standard InChI is InChI=1S/C12H23N3O2/c1-10-11(2)17-12(14-10)9-13-5-7-16-8-6-15(3)4/h13H,5-9H2,1-4H3. The zero-order chi connectivity index (χ0) is 12.7. The van der Waals surface area contributed by atoms with Crippen molar-refractivity contribution in [3.63, 3.8) is 0 Å². The van der Waals surface area contributed by atoms with Gasteiger partial charge in [0.15, 0.2) is 0 Å². The highest BCUT2D eigenvalue weighted by Crippen LogP contribution is 2.07. The third-order valence-electron chi connectivity index (χ3n) is 2.46. The lowest BCUT2D eigenvalue weighted by atomic mass is 10.4. The zero-order valence-corrected chi connectivity index (χ0v) is 11.2. The number of oxazole rings is 1. The van der Waals surface area contributed by atoms with Gasteiger partial charge in [-0.3, -0.25) is 0 Å². The molecule has 1 aromatic rings. The summed E-state index contributed by atoms with van der Waals surface area (Å²) in [7, 11) is 4.07. The highest BCUT2D eigenvalue weighted by molar-refractivity contribution is 5.04. The van der Waals surface area contributed by atoms with Crippen LogP contribution in [0.3, 0.4) is 0 Å². The van der Waals surface area contributed by atoms with Gasteiger partial charge in [-0.25, -0.2) is 4.98 Å². The molecular formula is C12H23N3O2. The largest absolute Gasteiger partial charge is 0.444 e. The second kappa shape index (κ2) is 7.42. The van der Waals surface area contributed by atoms with Crippen molar-refractivity contribution in [1.29, 1.82) is 0 Å². The summed E-state index contributed by atoms with van der Waals surface area (Å²) in [5.41, 5.74) is 0.962. The maximum absolute atomic E-state index is 5.46. The molecule has 0 aromatic carbocycles. The van der Waals surface area contributed by atoms with Gasteiger partial charge >= 0.3 is 0 Å². The molecule has 0 fully saturated rings. The summed E-state index contributed by atoms with van der Waals surface area (Å²) in [4.78, 5) is 6.39. The van der Waals surface area contributed by atoms with Crippen LogP contribution in [0.4, 0.5) is 0 Å². The first-order chi connectivity index (χ1) is 8.09. The van der Waals surface area contributed by atoms with E-state index in [1.54, 1.807) is 0 Å². The summed E-state index contributed by atoms with van der Waals surface area (Å²) in [5, 5.41) is 3.24. The van der Waals surface area contributed by atoms with E-state index in [0.717, 1.165) is 37.0 Å². The van der Waals surface area contributed by atoms with Crippen LogP contribution in [0.2, 0.25) is 0 Å². The van der Waals surface area contributed by atoms with E-state index in [1.807, 2.05) is 27.9 Å². The lowest BCUT2D eigenvalue weighted by molar-refractivity contribution is 0.119. The van der Waals surface area contributed by atoms with Crippen LogP contribution in [0.25, 0.3) is 0 Å². The van der Waals surface area contributed by atoms with E-state index >= 15 is 0 Å². The molecule has 0 saturated carbocycles. The van der Waals surface area contributed by atoms with E-state index < -0.39 is 0 Å². The summed E-state index contributed by atoms with van der Waals surface area (Å²) >= 11 is 0. The highest BCUT2D eigenvalue weighted by Gasteiger charge is 2.03. The first-order valence-electron chi connectivity index (χ1n) is 5.95. The van der Waals surface area contributed by atoms with E-state index in [0.29, 0.717) is 13.2 Å². The molecule has 0 saturated heterocycles. The molecule has 0 unspecified atom stereocenters. The minimum Gasteiger partial charge on any atom is -0.444 e. The molecule has 5 nitrogen and oxygen atoms in total. The number of rotatable bonds is 8. The maximum atomic E-state index is 5.46. The molecule has 0 bridgehead atoms. The smallest absolute Gasteiger partial charge is 0.208 e. The van der Waals surface area contributed by atoms with Gasteiger partial charge in [0.05, 0.1) is 25.5 Å². The first kappa shape index (κ1) is 14.2. The van der Waals surface area contributed by atoms with Crippen LogP contribution in [0.5, 0.6) is 0 Å². The first-order valence-corrected chi connectivity index (χ1v) is 5.95. The molecule has 0 atom stereocenters. The predicted molar refractivity (Wildman–Crippen MR) is 67.1 cm³/mol. The van der Waals surface area contributed by atoms with Crippen molar-refractivity contribution < 1.29 is 9.15 Å². The Morgan fingerprint density at radius 2 is 2.06 bits per heavy atom. The van der Waals surface area contributed by atoms with Crippen LogP contribution in [0.15, 0.2) is 4.42 Å². The van der Waals surface area contributed by atoms with E-state index in [9.17, 15) is 0 Å². The molecular weight excluding hydrogens is 218 g/mol. The Bertz CT molecular complexity index is 304. The van der Waals surface area contributed by atoms with Crippen molar-refractivity contribution in [2.45, 2.75) is 20.4 Å². The lowest BCUT2D eigenvalue weighted by Crippen LogP contribution is -2.23. The van der Waals surface area contributed by atoms with Crippen LogP contribution in [-0.4, -0.2) is 50.3 Å². The van der Waals surface area contributed by atoms with Crippen LogP contribution in [0, 0.1) is 13.8 Å². The fraction of sp³-hybridized carbons (Fsp3) is 0.750. The summed E-state index contributed by atoms with van der Waals surface area (Å²) in [6.07, 6.45) is 0. The number of aryl methyl sites for hydroxylation is 2. The van der Waals surface area contributed by atoms with Crippen molar-refractivity contribution in [3.8, 4) is 0 Å². The average Bonchev–Trinajstić information content (AvgIpc) is 2.56. The Balaban J connectivity index is 2.01.